The molecule has 2 heterocycles. The van der Waals surface area contributed by atoms with Crippen LogP contribution in [0.4, 0.5) is 0 Å². The van der Waals surface area contributed by atoms with Gasteiger partial charge in [-0.1, -0.05) is 19.0 Å². The SMILES string of the molecule is CC1(/C=C/B2OC(C)(C)C(C)(C)O2)COC1. The van der Waals surface area contributed by atoms with E-state index in [1.165, 1.54) is 0 Å². The van der Waals surface area contributed by atoms with E-state index in [4.69, 9.17) is 14.0 Å². The van der Waals surface area contributed by atoms with Crippen molar-refractivity contribution in [2.24, 2.45) is 5.41 Å². The standard InChI is InChI=1S/C12H21BO3/c1-10(2)11(3,4)16-13(15-10)7-6-12(5)8-14-9-12/h6-7H,8-9H2,1-5H3/b7-6+. The third-order valence-electron chi connectivity index (χ3n) is 3.79. The molecule has 0 saturated carbocycles. The van der Waals surface area contributed by atoms with Gasteiger partial charge in [-0.2, -0.15) is 0 Å². The smallest absolute Gasteiger partial charge is 0.400 e. The first kappa shape index (κ1) is 12.2. The minimum absolute atomic E-state index is 0.170. The van der Waals surface area contributed by atoms with Gasteiger partial charge in [0.05, 0.1) is 24.4 Å². The second kappa shape index (κ2) is 3.59. The maximum atomic E-state index is 5.88. The molecule has 0 atom stereocenters. The van der Waals surface area contributed by atoms with E-state index >= 15 is 0 Å². The largest absolute Gasteiger partial charge is 0.486 e. The van der Waals surface area contributed by atoms with Crippen LogP contribution >= 0.6 is 0 Å². The molecule has 0 aliphatic carbocycles. The van der Waals surface area contributed by atoms with Crippen molar-refractivity contribution in [3.63, 3.8) is 0 Å². The van der Waals surface area contributed by atoms with E-state index in [0.29, 0.717) is 0 Å². The average molecular weight is 224 g/mol. The van der Waals surface area contributed by atoms with E-state index in [-0.39, 0.29) is 23.7 Å². The van der Waals surface area contributed by atoms with Crippen LogP contribution in [0, 0.1) is 5.41 Å². The van der Waals surface area contributed by atoms with Gasteiger partial charge >= 0.3 is 7.12 Å². The van der Waals surface area contributed by atoms with Crippen LogP contribution < -0.4 is 0 Å². The Bertz CT molecular complexity index is 289. The van der Waals surface area contributed by atoms with Gasteiger partial charge in [-0.3, -0.25) is 0 Å². The van der Waals surface area contributed by atoms with Crippen molar-refractivity contribution in [3.05, 3.63) is 12.1 Å². The Labute approximate surface area is 98.3 Å². The summed E-state index contributed by atoms with van der Waals surface area (Å²) in [4.78, 5) is 0. The average Bonchev–Trinajstić information content (AvgIpc) is 2.29. The number of rotatable bonds is 2. The van der Waals surface area contributed by atoms with Crippen LogP contribution in [0.2, 0.25) is 0 Å². The molecule has 3 nitrogen and oxygen atoms in total. The minimum atomic E-state index is -0.251. The Morgan fingerprint density at radius 2 is 1.44 bits per heavy atom. The van der Waals surface area contributed by atoms with Gasteiger partial charge in [-0.05, 0) is 27.7 Å². The fourth-order valence-corrected chi connectivity index (χ4v) is 1.80. The maximum absolute atomic E-state index is 5.88. The zero-order valence-corrected chi connectivity index (χ0v) is 10.9. The molecule has 0 unspecified atom stereocenters. The molecule has 0 spiro atoms. The van der Waals surface area contributed by atoms with Crippen molar-refractivity contribution in [2.45, 2.75) is 45.8 Å². The summed E-state index contributed by atoms with van der Waals surface area (Å²) >= 11 is 0. The number of ether oxygens (including phenoxy) is 1. The Balaban J connectivity index is 1.99. The molecule has 2 fully saturated rings. The molecular formula is C12H21BO3. The molecule has 2 aliphatic heterocycles. The van der Waals surface area contributed by atoms with Crippen LogP contribution in [0.1, 0.15) is 34.6 Å². The van der Waals surface area contributed by atoms with Crippen LogP contribution in [0.5, 0.6) is 0 Å². The van der Waals surface area contributed by atoms with E-state index < -0.39 is 0 Å². The molecule has 2 rings (SSSR count). The molecule has 0 radical (unpaired) electrons. The van der Waals surface area contributed by atoms with Gasteiger partial charge in [0.15, 0.2) is 0 Å². The zero-order valence-electron chi connectivity index (χ0n) is 10.9. The molecule has 0 aromatic carbocycles. The lowest BCUT2D eigenvalue weighted by Gasteiger charge is -2.35. The number of hydrogen-bond acceptors (Lipinski definition) is 3. The third kappa shape index (κ3) is 2.06. The second-order valence-electron chi connectivity index (χ2n) is 6.13. The lowest BCUT2D eigenvalue weighted by atomic mass is 9.81. The van der Waals surface area contributed by atoms with Gasteiger partial charge < -0.3 is 14.0 Å². The van der Waals surface area contributed by atoms with Crippen LogP contribution in [0.3, 0.4) is 0 Å². The van der Waals surface area contributed by atoms with Crippen molar-refractivity contribution in [1.82, 2.24) is 0 Å². The highest BCUT2D eigenvalue weighted by atomic mass is 16.7. The summed E-state index contributed by atoms with van der Waals surface area (Å²) in [5.74, 6) is 2.01. The molecule has 0 bridgehead atoms. The Kier molecular flexibility index (Phi) is 2.72. The zero-order chi connectivity index (χ0) is 12.0. The van der Waals surface area contributed by atoms with Gasteiger partial charge in [-0.15, -0.1) is 0 Å². The normalized spacial score (nSPS) is 30.7. The van der Waals surface area contributed by atoms with Crippen molar-refractivity contribution >= 4 is 7.12 Å². The van der Waals surface area contributed by atoms with Crippen LogP contribution in [-0.4, -0.2) is 31.5 Å². The molecule has 16 heavy (non-hydrogen) atoms. The van der Waals surface area contributed by atoms with Crippen molar-refractivity contribution in [1.29, 1.82) is 0 Å². The first-order valence-corrected chi connectivity index (χ1v) is 5.87. The summed E-state index contributed by atoms with van der Waals surface area (Å²) in [6.07, 6.45) is 2.15. The summed E-state index contributed by atoms with van der Waals surface area (Å²) < 4.78 is 17.0. The third-order valence-corrected chi connectivity index (χ3v) is 3.79. The molecule has 0 amide bonds. The molecule has 90 valence electrons. The maximum Gasteiger partial charge on any atom is 0.486 e. The Morgan fingerprint density at radius 1 is 0.938 bits per heavy atom. The van der Waals surface area contributed by atoms with Crippen molar-refractivity contribution in [3.8, 4) is 0 Å². The second-order valence-corrected chi connectivity index (χ2v) is 6.13. The van der Waals surface area contributed by atoms with Gasteiger partial charge in [-0.25, -0.2) is 0 Å². The lowest BCUT2D eigenvalue weighted by molar-refractivity contribution is -0.0708. The molecule has 2 aliphatic rings. The fourth-order valence-electron chi connectivity index (χ4n) is 1.80. The predicted octanol–water partition coefficient (Wildman–Crippen LogP) is 2.21. The highest BCUT2D eigenvalue weighted by Crippen LogP contribution is 2.37. The first-order valence-electron chi connectivity index (χ1n) is 5.87. The molecule has 0 N–H and O–H groups in total. The quantitative estimate of drug-likeness (QED) is 0.673. The van der Waals surface area contributed by atoms with Gasteiger partial charge in [0.1, 0.15) is 0 Å². The van der Waals surface area contributed by atoms with Crippen molar-refractivity contribution in [2.75, 3.05) is 13.2 Å². The van der Waals surface area contributed by atoms with E-state index in [1.807, 2.05) is 5.98 Å². The Hall–Kier alpha value is -0.315. The summed E-state index contributed by atoms with van der Waals surface area (Å²) in [6, 6.07) is 0. The highest BCUT2D eigenvalue weighted by Gasteiger charge is 2.50. The minimum Gasteiger partial charge on any atom is -0.400 e. The summed E-state index contributed by atoms with van der Waals surface area (Å²) in [5, 5.41) is 0. The monoisotopic (exact) mass is 224 g/mol. The van der Waals surface area contributed by atoms with Crippen LogP contribution in [0.25, 0.3) is 0 Å². The van der Waals surface area contributed by atoms with Gasteiger partial charge in [0, 0.05) is 5.41 Å². The Morgan fingerprint density at radius 3 is 1.81 bits per heavy atom. The molecular weight excluding hydrogens is 203 g/mol. The molecule has 4 heteroatoms. The van der Waals surface area contributed by atoms with E-state index in [1.54, 1.807) is 0 Å². The number of hydrogen-bond donors (Lipinski definition) is 0. The highest BCUT2D eigenvalue weighted by molar-refractivity contribution is 6.51. The van der Waals surface area contributed by atoms with Crippen LogP contribution in [-0.2, 0) is 14.0 Å². The van der Waals surface area contributed by atoms with Gasteiger partial charge in [0.2, 0.25) is 0 Å². The summed E-state index contributed by atoms with van der Waals surface area (Å²) in [7, 11) is -0.234. The predicted molar refractivity (Wildman–Crippen MR) is 64.1 cm³/mol. The fraction of sp³-hybridized carbons (Fsp3) is 0.833. The van der Waals surface area contributed by atoms with Gasteiger partial charge in [0.25, 0.3) is 0 Å². The molecule has 0 aromatic heterocycles. The van der Waals surface area contributed by atoms with Crippen LogP contribution in [0.15, 0.2) is 12.1 Å². The van der Waals surface area contributed by atoms with Crippen molar-refractivity contribution < 1.29 is 14.0 Å². The summed E-state index contributed by atoms with van der Waals surface area (Å²) in [6.45, 7) is 12.0. The first-order chi connectivity index (χ1) is 7.24. The van der Waals surface area contributed by atoms with E-state index in [9.17, 15) is 0 Å². The lowest BCUT2D eigenvalue weighted by Crippen LogP contribution is -2.41. The van der Waals surface area contributed by atoms with E-state index in [0.717, 1.165) is 13.2 Å². The molecule has 0 aromatic rings. The topological polar surface area (TPSA) is 27.7 Å². The van der Waals surface area contributed by atoms with E-state index in [2.05, 4.69) is 40.7 Å². The summed E-state index contributed by atoms with van der Waals surface area (Å²) in [5.41, 5.74) is -0.332. The molecule has 2 saturated heterocycles.